The van der Waals surface area contributed by atoms with Gasteiger partial charge in [0, 0.05) is 36.9 Å². The van der Waals surface area contributed by atoms with Crippen molar-refractivity contribution in [2.75, 3.05) is 31.6 Å². The highest BCUT2D eigenvalue weighted by atomic mass is 16.5. The molecule has 1 saturated heterocycles. The van der Waals surface area contributed by atoms with E-state index in [1.807, 2.05) is 35.2 Å². The maximum absolute atomic E-state index is 12.7. The van der Waals surface area contributed by atoms with Crippen LogP contribution in [0, 0.1) is 0 Å². The Morgan fingerprint density at radius 2 is 1.79 bits per heavy atom. The van der Waals surface area contributed by atoms with Gasteiger partial charge in [-0.1, -0.05) is 36.4 Å². The minimum atomic E-state index is 0.166. The van der Waals surface area contributed by atoms with Crippen LogP contribution in [-0.2, 0) is 11.2 Å². The summed E-state index contributed by atoms with van der Waals surface area (Å²) >= 11 is 0. The highest BCUT2D eigenvalue weighted by Gasteiger charge is 2.27. The van der Waals surface area contributed by atoms with Crippen molar-refractivity contribution in [1.82, 2.24) is 4.90 Å². The first-order valence-electron chi connectivity index (χ1n) is 8.40. The average molecular weight is 324 g/mol. The zero-order valence-electron chi connectivity index (χ0n) is 14.3. The van der Waals surface area contributed by atoms with Crippen molar-refractivity contribution < 1.29 is 9.53 Å². The molecule has 2 aromatic rings. The highest BCUT2D eigenvalue weighted by Crippen LogP contribution is 2.22. The molecule has 1 unspecified atom stereocenters. The molecule has 3 rings (SSSR count). The number of nitrogens with zero attached hydrogens (tertiary/aromatic N) is 2. The standard InChI is InChI=1S/C20H24N2O2/c1-16-15-21(12-13-22(16)18-9-4-3-5-10-18)20(23)14-17-8-6-7-11-19(17)24-2/h3-11,16H,12-15H2,1-2H3. The van der Waals surface area contributed by atoms with E-state index in [0.29, 0.717) is 12.5 Å². The Bertz CT molecular complexity index is 687. The third-order valence-electron chi connectivity index (χ3n) is 4.60. The molecule has 0 spiro atoms. The molecule has 126 valence electrons. The van der Waals surface area contributed by atoms with E-state index >= 15 is 0 Å². The number of ether oxygens (including phenoxy) is 1. The van der Waals surface area contributed by atoms with Crippen LogP contribution in [0.15, 0.2) is 54.6 Å². The Morgan fingerprint density at radius 3 is 2.50 bits per heavy atom. The third kappa shape index (κ3) is 3.53. The SMILES string of the molecule is COc1ccccc1CC(=O)N1CCN(c2ccccc2)C(C)C1. The second kappa shape index (κ2) is 7.39. The molecule has 1 atom stereocenters. The number of anilines is 1. The number of para-hydroxylation sites is 2. The summed E-state index contributed by atoms with van der Waals surface area (Å²) in [6.45, 7) is 4.55. The number of carbonyl (C=O) groups is 1. The summed E-state index contributed by atoms with van der Waals surface area (Å²) in [5.41, 5.74) is 2.17. The zero-order valence-corrected chi connectivity index (χ0v) is 14.3. The molecule has 1 aliphatic rings. The number of amides is 1. The lowest BCUT2D eigenvalue weighted by Crippen LogP contribution is -2.54. The highest BCUT2D eigenvalue weighted by molar-refractivity contribution is 5.80. The number of methoxy groups -OCH3 is 1. The lowest BCUT2D eigenvalue weighted by Gasteiger charge is -2.41. The monoisotopic (exact) mass is 324 g/mol. The number of hydrogen-bond acceptors (Lipinski definition) is 3. The maximum Gasteiger partial charge on any atom is 0.227 e. The Hall–Kier alpha value is -2.49. The molecule has 1 aliphatic heterocycles. The molecule has 4 nitrogen and oxygen atoms in total. The van der Waals surface area contributed by atoms with E-state index in [2.05, 4.69) is 36.1 Å². The van der Waals surface area contributed by atoms with Crippen molar-refractivity contribution in [3.63, 3.8) is 0 Å². The van der Waals surface area contributed by atoms with Gasteiger partial charge in [0.15, 0.2) is 0 Å². The van der Waals surface area contributed by atoms with E-state index in [4.69, 9.17) is 4.74 Å². The van der Waals surface area contributed by atoms with Gasteiger partial charge >= 0.3 is 0 Å². The van der Waals surface area contributed by atoms with Crippen LogP contribution in [0.4, 0.5) is 5.69 Å². The normalized spacial score (nSPS) is 17.7. The van der Waals surface area contributed by atoms with Crippen LogP contribution >= 0.6 is 0 Å². The molecular weight excluding hydrogens is 300 g/mol. The lowest BCUT2D eigenvalue weighted by atomic mass is 10.1. The molecule has 1 amide bonds. The molecule has 1 heterocycles. The Labute approximate surface area is 143 Å². The zero-order chi connectivity index (χ0) is 16.9. The first-order chi connectivity index (χ1) is 11.7. The molecule has 0 bridgehead atoms. The summed E-state index contributed by atoms with van der Waals surface area (Å²) in [6.07, 6.45) is 0.391. The van der Waals surface area contributed by atoms with Gasteiger partial charge in [-0.05, 0) is 25.1 Å². The second-order valence-electron chi connectivity index (χ2n) is 6.21. The van der Waals surface area contributed by atoms with Crippen molar-refractivity contribution in [3.8, 4) is 5.75 Å². The van der Waals surface area contributed by atoms with Gasteiger partial charge in [-0.2, -0.15) is 0 Å². The minimum absolute atomic E-state index is 0.166. The average Bonchev–Trinajstić information content (AvgIpc) is 2.62. The van der Waals surface area contributed by atoms with Crippen molar-refractivity contribution >= 4 is 11.6 Å². The lowest BCUT2D eigenvalue weighted by molar-refractivity contribution is -0.131. The van der Waals surface area contributed by atoms with E-state index in [1.165, 1.54) is 5.69 Å². The van der Waals surface area contributed by atoms with Gasteiger partial charge in [-0.15, -0.1) is 0 Å². The smallest absolute Gasteiger partial charge is 0.227 e. The number of rotatable bonds is 4. The van der Waals surface area contributed by atoms with Crippen LogP contribution < -0.4 is 9.64 Å². The fourth-order valence-electron chi connectivity index (χ4n) is 3.31. The molecule has 24 heavy (non-hydrogen) atoms. The fourth-order valence-corrected chi connectivity index (χ4v) is 3.31. The van der Waals surface area contributed by atoms with Crippen molar-refractivity contribution in [2.24, 2.45) is 0 Å². The molecule has 0 aromatic heterocycles. The van der Waals surface area contributed by atoms with Crippen molar-refractivity contribution in [1.29, 1.82) is 0 Å². The van der Waals surface area contributed by atoms with E-state index in [-0.39, 0.29) is 5.91 Å². The summed E-state index contributed by atoms with van der Waals surface area (Å²) < 4.78 is 5.35. The van der Waals surface area contributed by atoms with Crippen molar-refractivity contribution in [3.05, 3.63) is 60.2 Å². The molecule has 0 radical (unpaired) electrons. The Morgan fingerprint density at radius 1 is 1.08 bits per heavy atom. The van der Waals surface area contributed by atoms with E-state index in [1.54, 1.807) is 7.11 Å². The number of piperazine rings is 1. The van der Waals surface area contributed by atoms with Crippen LogP contribution in [0.3, 0.4) is 0 Å². The van der Waals surface area contributed by atoms with E-state index in [9.17, 15) is 4.79 Å². The predicted octanol–water partition coefficient (Wildman–Crippen LogP) is 2.98. The van der Waals surface area contributed by atoms with Crippen LogP contribution in [0.2, 0.25) is 0 Å². The van der Waals surface area contributed by atoms with Gasteiger partial charge in [0.25, 0.3) is 0 Å². The van der Waals surface area contributed by atoms with Gasteiger partial charge in [-0.3, -0.25) is 4.79 Å². The minimum Gasteiger partial charge on any atom is -0.496 e. The van der Waals surface area contributed by atoms with Crippen LogP contribution in [0.25, 0.3) is 0 Å². The summed E-state index contributed by atoms with van der Waals surface area (Å²) in [5, 5.41) is 0. The molecule has 0 saturated carbocycles. The maximum atomic E-state index is 12.7. The quantitative estimate of drug-likeness (QED) is 0.867. The molecule has 4 heteroatoms. The van der Waals surface area contributed by atoms with Crippen LogP contribution in [0.1, 0.15) is 12.5 Å². The Kier molecular flexibility index (Phi) is 5.04. The number of carbonyl (C=O) groups excluding carboxylic acids is 1. The molecule has 0 N–H and O–H groups in total. The molecular formula is C20H24N2O2. The topological polar surface area (TPSA) is 32.8 Å². The van der Waals surface area contributed by atoms with Gasteiger partial charge in [0.2, 0.25) is 5.91 Å². The molecule has 0 aliphatic carbocycles. The van der Waals surface area contributed by atoms with E-state index in [0.717, 1.165) is 30.9 Å². The van der Waals surface area contributed by atoms with E-state index < -0.39 is 0 Å². The van der Waals surface area contributed by atoms with Crippen LogP contribution in [0.5, 0.6) is 5.75 Å². The van der Waals surface area contributed by atoms with Crippen molar-refractivity contribution in [2.45, 2.75) is 19.4 Å². The second-order valence-corrected chi connectivity index (χ2v) is 6.21. The van der Waals surface area contributed by atoms with Gasteiger partial charge in [-0.25, -0.2) is 0 Å². The predicted molar refractivity (Wildman–Crippen MR) is 96.5 cm³/mol. The molecule has 1 fully saturated rings. The summed E-state index contributed by atoms with van der Waals surface area (Å²) in [4.78, 5) is 17.0. The summed E-state index contributed by atoms with van der Waals surface area (Å²) in [5.74, 6) is 0.945. The Balaban J connectivity index is 1.64. The summed E-state index contributed by atoms with van der Waals surface area (Å²) in [6, 6.07) is 18.4. The van der Waals surface area contributed by atoms with Gasteiger partial charge in [0.1, 0.15) is 5.75 Å². The number of hydrogen-bond donors (Lipinski definition) is 0. The van der Waals surface area contributed by atoms with Crippen LogP contribution in [-0.4, -0.2) is 43.6 Å². The summed E-state index contributed by atoms with van der Waals surface area (Å²) in [7, 11) is 1.64. The van der Waals surface area contributed by atoms with Gasteiger partial charge in [0.05, 0.1) is 13.5 Å². The first kappa shape index (κ1) is 16.4. The fraction of sp³-hybridized carbons (Fsp3) is 0.350. The first-order valence-corrected chi connectivity index (χ1v) is 8.40. The largest absolute Gasteiger partial charge is 0.496 e. The van der Waals surface area contributed by atoms with Gasteiger partial charge < -0.3 is 14.5 Å². The third-order valence-corrected chi connectivity index (χ3v) is 4.60. The molecule has 2 aromatic carbocycles. The number of benzene rings is 2.